The molecule has 3 rings (SSSR count). The molecule has 0 bridgehead atoms. The van der Waals surface area contributed by atoms with Crippen molar-refractivity contribution in [3.63, 3.8) is 0 Å². The highest BCUT2D eigenvalue weighted by molar-refractivity contribution is 9.10. The monoisotopic (exact) mass is 381 g/mol. The van der Waals surface area contributed by atoms with E-state index in [9.17, 15) is 4.79 Å². The molecule has 2 aromatic heterocycles. The largest absolute Gasteiger partial charge is 0.444 e. The molecule has 1 N–H and O–H groups in total. The Bertz CT molecular complexity index is 815. The summed E-state index contributed by atoms with van der Waals surface area (Å²) in [6, 6.07) is 10.5. The zero-order valence-corrected chi connectivity index (χ0v) is 13.4. The first-order chi connectivity index (χ1) is 10.6. The van der Waals surface area contributed by atoms with Gasteiger partial charge in [0.15, 0.2) is 10.4 Å². The lowest BCUT2D eigenvalue weighted by Gasteiger charge is -2.02. The van der Waals surface area contributed by atoms with Crippen LogP contribution in [0.1, 0.15) is 5.56 Å². The number of amides is 1. The third-order valence-corrected chi connectivity index (χ3v) is 3.56. The Morgan fingerprint density at radius 2 is 2.00 bits per heavy atom. The van der Waals surface area contributed by atoms with Crippen molar-refractivity contribution in [3.05, 3.63) is 51.7 Å². The van der Waals surface area contributed by atoms with Gasteiger partial charge in [-0.05, 0) is 39.7 Å². The lowest BCUT2D eigenvalue weighted by molar-refractivity contribution is -0.115. The molecule has 8 heteroatoms. The summed E-state index contributed by atoms with van der Waals surface area (Å²) < 4.78 is 11.2. The number of nitrogens with one attached hydrogen (secondary N) is 1. The van der Waals surface area contributed by atoms with Crippen molar-refractivity contribution in [2.75, 3.05) is 5.32 Å². The standard InChI is InChI=1S/C14H9BrClN3O3/c15-11-6-5-10(21-11)13-18-19-14(22-13)17-12(20)7-8-3-1-2-4-9(8)16/h1-6H,7H2,(H,17,19,20). The summed E-state index contributed by atoms with van der Waals surface area (Å²) in [6.45, 7) is 0. The van der Waals surface area contributed by atoms with Crippen molar-refractivity contribution in [2.45, 2.75) is 6.42 Å². The van der Waals surface area contributed by atoms with E-state index in [2.05, 4.69) is 31.4 Å². The van der Waals surface area contributed by atoms with E-state index in [-0.39, 0.29) is 24.2 Å². The van der Waals surface area contributed by atoms with Gasteiger partial charge >= 0.3 is 6.01 Å². The Kier molecular flexibility index (Phi) is 4.26. The van der Waals surface area contributed by atoms with Gasteiger partial charge in [0.05, 0.1) is 6.42 Å². The predicted octanol–water partition coefficient (Wildman–Crippen LogP) is 3.93. The van der Waals surface area contributed by atoms with Crippen molar-refractivity contribution < 1.29 is 13.6 Å². The summed E-state index contributed by atoms with van der Waals surface area (Å²) in [5, 5.41) is 10.6. The molecule has 1 amide bonds. The van der Waals surface area contributed by atoms with Crippen LogP contribution in [0, 0.1) is 0 Å². The van der Waals surface area contributed by atoms with Crippen LogP contribution in [0.25, 0.3) is 11.7 Å². The average molecular weight is 383 g/mol. The quantitative estimate of drug-likeness (QED) is 0.739. The van der Waals surface area contributed by atoms with Gasteiger partial charge in [-0.2, -0.15) is 0 Å². The lowest BCUT2D eigenvalue weighted by Crippen LogP contribution is -2.14. The minimum Gasteiger partial charge on any atom is -0.444 e. The summed E-state index contributed by atoms with van der Waals surface area (Å²) in [6.07, 6.45) is 0.115. The third-order valence-electron chi connectivity index (χ3n) is 2.76. The van der Waals surface area contributed by atoms with Crippen LogP contribution in [-0.4, -0.2) is 16.1 Å². The number of carbonyl (C=O) groups excluding carboxylic acids is 1. The fourth-order valence-electron chi connectivity index (χ4n) is 1.78. The van der Waals surface area contributed by atoms with Crippen molar-refractivity contribution in [1.29, 1.82) is 0 Å². The van der Waals surface area contributed by atoms with Crippen LogP contribution in [-0.2, 0) is 11.2 Å². The van der Waals surface area contributed by atoms with Crippen LogP contribution in [0.4, 0.5) is 6.01 Å². The maximum Gasteiger partial charge on any atom is 0.322 e. The van der Waals surface area contributed by atoms with Gasteiger partial charge in [0.2, 0.25) is 5.91 Å². The summed E-state index contributed by atoms with van der Waals surface area (Å²) >= 11 is 9.19. The fourth-order valence-corrected chi connectivity index (χ4v) is 2.29. The molecule has 2 heterocycles. The predicted molar refractivity (Wildman–Crippen MR) is 83.5 cm³/mol. The van der Waals surface area contributed by atoms with E-state index in [0.29, 0.717) is 15.5 Å². The van der Waals surface area contributed by atoms with E-state index in [1.807, 2.05) is 6.07 Å². The normalized spacial score (nSPS) is 10.6. The zero-order valence-electron chi connectivity index (χ0n) is 11.0. The van der Waals surface area contributed by atoms with Crippen LogP contribution in [0.2, 0.25) is 5.02 Å². The fraction of sp³-hybridized carbons (Fsp3) is 0.0714. The highest BCUT2D eigenvalue weighted by Crippen LogP contribution is 2.25. The molecule has 0 aliphatic carbocycles. The molecule has 0 unspecified atom stereocenters. The smallest absolute Gasteiger partial charge is 0.322 e. The maximum absolute atomic E-state index is 12.0. The number of rotatable bonds is 4. The molecule has 0 aliphatic rings. The molecule has 0 spiro atoms. The molecule has 0 saturated heterocycles. The Morgan fingerprint density at radius 3 is 2.73 bits per heavy atom. The third kappa shape index (κ3) is 3.37. The number of aromatic nitrogens is 2. The number of anilines is 1. The van der Waals surface area contributed by atoms with Crippen LogP contribution >= 0.6 is 27.5 Å². The number of furan rings is 1. The highest BCUT2D eigenvalue weighted by atomic mass is 79.9. The van der Waals surface area contributed by atoms with E-state index in [1.54, 1.807) is 30.3 Å². The molecular weight excluding hydrogens is 374 g/mol. The average Bonchev–Trinajstić information content (AvgIpc) is 3.10. The summed E-state index contributed by atoms with van der Waals surface area (Å²) in [7, 11) is 0. The van der Waals surface area contributed by atoms with Crippen LogP contribution in [0.15, 0.2) is 49.9 Å². The zero-order chi connectivity index (χ0) is 15.5. The first-order valence-electron chi connectivity index (χ1n) is 6.24. The molecule has 0 saturated carbocycles. The number of benzene rings is 1. The molecular formula is C14H9BrClN3O3. The Labute approximate surface area is 138 Å². The Morgan fingerprint density at radius 1 is 1.18 bits per heavy atom. The van der Waals surface area contributed by atoms with Crippen LogP contribution in [0.3, 0.4) is 0 Å². The maximum atomic E-state index is 12.0. The molecule has 0 radical (unpaired) electrons. The molecule has 0 fully saturated rings. The van der Waals surface area contributed by atoms with Crippen LogP contribution in [0.5, 0.6) is 0 Å². The van der Waals surface area contributed by atoms with Crippen molar-refractivity contribution in [3.8, 4) is 11.7 Å². The second-order valence-corrected chi connectivity index (χ2v) is 5.52. The Hall–Kier alpha value is -2.12. The minimum absolute atomic E-state index is 0.000393. The summed E-state index contributed by atoms with van der Waals surface area (Å²) in [5.74, 6) is 0.286. The number of nitrogens with zero attached hydrogens (tertiary/aromatic N) is 2. The van der Waals surface area contributed by atoms with Crippen LogP contribution < -0.4 is 5.32 Å². The number of hydrogen-bond donors (Lipinski definition) is 1. The van der Waals surface area contributed by atoms with Gasteiger partial charge in [0.25, 0.3) is 5.89 Å². The van der Waals surface area contributed by atoms with Crippen molar-refractivity contribution >= 4 is 39.5 Å². The SMILES string of the molecule is O=C(Cc1ccccc1Cl)Nc1nnc(-c2ccc(Br)o2)o1. The molecule has 112 valence electrons. The van der Waals surface area contributed by atoms with Crippen molar-refractivity contribution in [1.82, 2.24) is 10.2 Å². The molecule has 6 nitrogen and oxygen atoms in total. The van der Waals surface area contributed by atoms with Gasteiger partial charge in [-0.3, -0.25) is 10.1 Å². The van der Waals surface area contributed by atoms with Gasteiger partial charge in [-0.15, -0.1) is 5.10 Å². The molecule has 0 aliphatic heterocycles. The van der Waals surface area contributed by atoms with E-state index >= 15 is 0 Å². The first-order valence-corrected chi connectivity index (χ1v) is 7.41. The van der Waals surface area contributed by atoms with Crippen molar-refractivity contribution in [2.24, 2.45) is 0 Å². The molecule has 0 atom stereocenters. The minimum atomic E-state index is -0.302. The van der Waals surface area contributed by atoms with Gasteiger partial charge < -0.3 is 8.83 Å². The van der Waals surface area contributed by atoms with Gasteiger partial charge in [-0.25, -0.2) is 0 Å². The second-order valence-electron chi connectivity index (χ2n) is 4.33. The Balaban J connectivity index is 1.67. The topological polar surface area (TPSA) is 81.2 Å². The van der Waals surface area contributed by atoms with Gasteiger partial charge in [-0.1, -0.05) is 34.9 Å². The molecule has 22 heavy (non-hydrogen) atoms. The number of hydrogen-bond acceptors (Lipinski definition) is 5. The highest BCUT2D eigenvalue weighted by Gasteiger charge is 2.14. The van der Waals surface area contributed by atoms with Gasteiger partial charge in [0.1, 0.15) is 0 Å². The van der Waals surface area contributed by atoms with Gasteiger partial charge in [0, 0.05) is 5.02 Å². The summed E-state index contributed by atoms with van der Waals surface area (Å²) in [4.78, 5) is 12.0. The number of halogens is 2. The van der Waals surface area contributed by atoms with E-state index in [1.165, 1.54) is 0 Å². The van der Waals surface area contributed by atoms with E-state index in [4.69, 9.17) is 20.4 Å². The molecule has 3 aromatic rings. The summed E-state index contributed by atoms with van der Waals surface area (Å²) in [5.41, 5.74) is 0.719. The lowest BCUT2D eigenvalue weighted by atomic mass is 10.1. The number of carbonyl (C=O) groups is 1. The first kappa shape index (κ1) is 14.8. The second kappa shape index (κ2) is 6.33. The van der Waals surface area contributed by atoms with E-state index < -0.39 is 0 Å². The molecule has 1 aromatic carbocycles. The van der Waals surface area contributed by atoms with E-state index in [0.717, 1.165) is 5.56 Å².